The second-order valence-electron chi connectivity index (χ2n) is 4.78. The minimum atomic E-state index is -3.44. The van der Waals surface area contributed by atoms with Gasteiger partial charge in [-0.2, -0.15) is 0 Å². The van der Waals surface area contributed by atoms with Crippen LogP contribution >= 0.6 is 0 Å². The highest BCUT2D eigenvalue weighted by atomic mass is 32.2. The van der Waals surface area contributed by atoms with Crippen LogP contribution in [0.5, 0.6) is 0 Å². The highest BCUT2D eigenvalue weighted by Crippen LogP contribution is 2.20. The molecule has 1 aromatic rings. The molecule has 0 bridgehead atoms. The molecule has 0 aliphatic heterocycles. The summed E-state index contributed by atoms with van der Waals surface area (Å²) in [6.45, 7) is 7.95. The summed E-state index contributed by atoms with van der Waals surface area (Å²) in [7, 11) is -3.44. The van der Waals surface area contributed by atoms with Crippen LogP contribution in [0.15, 0.2) is 5.03 Å². The number of sulfone groups is 1. The van der Waals surface area contributed by atoms with Gasteiger partial charge < -0.3 is 5.73 Å². The molecule has 2 N–H and O–H groups in total. The molecule has 0 saturated heterocycles. The second-order valence-corrected chi connectivity index (χ2v) is 7.20. The van der Waals surface area contributed by atoms with Crippen molar-refractivity contribution in [1.29, 1.82) is 0 Å². The zero-order chi connectivity index (χ0) is 13.2. The molecule has 1 heterocycles. The smallest absolute Gasteiger partial charge is 0.221 e. The monoisotopic (exact) mass is 260 g/mol. The Bertz CT molecular complexity index is 476. The fraction of sp³-hybridized carbons (Fsp3) is 0.800. The topological polar surface area (TPSA) is 90.9 Å². The van der Waals surface area contributed by atoms with Crippen LogP contribution in [0.4, 0.5) is 5.82 Å². The molecule has 1 aromatic heterocycles. The fourth-order valence-electron chi connectivity index (χ4n) is 1.28. The van der Waals surface area contributed by atoms with E-state index in [-0.39, 0.29) is 10.8 Å². The van der Waals surface area contributed by atoms with E-state index < -0.39 is 15.1 Å². The van der Waals surface area contributed by atoms with Crippen LogP contribution < -0.4 is 5.73 Å². The molecule has 0 aromatic carbocycles. The summed E-state index contributed by atoms with van der Waals surface area (Å²) in [5.74, 6) is 0.642. The van der Waals surface area contributed by atoms with Gasteiger partial charge >= 0.3 is 0 Å². The zero-order valence-electron chi connectivity index (χ0n) is 10.7. The molecule has 0 amide bonds. The van der Waals surface area contributed by atoms with Crippen LogP contribution in [0.2, 0.25) is 0 Å². The fourth-order valence-corrected chi connectivity index (χ4v) is 2.27. The van der Waals surface area contributed by atoms with Gasteiger partial charge in [0.2, 0.25) is 14.9 Å². The van der Waals surface area contributed by atoms with Gasteiger partial charge in [-0.3, -0.25) is 0 Å². The Labute approximate surface area is 102 Å². The molecule has 0 spiro atoms. The number of aryl methyl sites for hydroxylation is 1. The maximum Gasteiger partial charge on any atom is 0.221 e. The van der Waals surface area contributed by atoms with Crippen LogP contribution in [0.25, 0.3) is 0 Å². The van der Waals surface area contributed by atoms with Gasteiger partial charge in [0.1, 0.15) is 0 Å². The predicted octanol–water partition coefficient (Wildman–Crippen LogP) is 1.09. The third-order valence-electron chi connectivity index (χ3n) is 2.55. The van der Waals surface area contributed by atoms with E-state index in [2.05, 4.69) is 24.2 Å². The number of rotatable bonds is 5. The minimum Gasteiger partial charge on any atom is -0.381 e. The molecule has 0 saturated carbocycles. The largest absolute Gasteiger partial charge is 0.381 e. The van der Waals surface area contributed by atoms with E-state index in [9.17, 15) is 8.42 Å². The average Bonchev–Trinajstić information content (AvgIpc) is 2.57. The van der Waals surface area contributed by atoms with Crippen molar-refractivity contribution in [3.05, 3.63) is 0 Å². The second kappa shape index (κ2) is 5.03. The Hall–Kier alpha value is -1.11. The molecule has 0 unspecified atom stereocenters. The molecule has 0 aliphatic carbocycles. The summed E-state index contributed by atoms with van der Waals surface area (Å²) in [6.07, 6.45) is 0.884. The molecular formula is C10H20N4O2S. The average molecular weight is 260 g/mol. The molecule has 6 nitrogen and oxygen atoms in total. The van der Waals surface area contributed by atoms with Crippen LogP contribution in [0.3, 0.4) is 0 Å². The van der Waals surface area contributed by atoms with Crippen molar-refractivity contribution in [3.8, 4) is 0 Å². The summed E-state index contributed by atoms with van der Waals surface area (Å²) < 4.78 is 25.3. The molecule has 0 radical (unpaired) electrons. The standard InChI is InChI=1S/C10H20N4O2S/c1-7(2)5-6-14-9(11)10(12-13-14)17(15,16)8(3)4/h7-8H,5-6,11H2,1-4H3. The number of nitrogens with zero attached hydrogens (tertiary/aromatic N) is 3. The first-order valence-electron chi connectivity index (χ1n) is 5.69. The van der Waals surface area contributed by atoms with Crippen molar-refractivity contribution < 1.29 is 8.42 Å². The predicted molar refractivity (Wildman–Crippen MR) is 66.2 cm³/mol. The first-order chi connectivity index (χ1) is 7.76. The van der Waals surface area contributed by atoms with Gasteiger partial charge in [0.05, 0.1) is 5.25 Å². The van der Waals surface area contributed by atoms with Gasteiger partial charge in [-0.15, -0.1) is 5.10 Å². The summed E-state index contributed by atoms with van der Waals surface area (Å²) in [5.41, 5.74) is 5.77. The van der Waals surface area contributed by atoms with E-state index in [1.165, 1.54) is 4.68 Å². The molecule has 0 atom stereocenters. The first kappa shape index (κ1) is 14.0. The van der Waals surface area contributed by atoms with Crippen molar-refractivity contribution in [2.24, 2.45) is 5.92 Å². The van der Waals surface area contributed by atoms with E-state index >= 15 is 0 Å². The SMILES string of the molecule is CC(C)CCn1nnc(S(=O)(=O)C(C)C)c1N. The summed E-state index contributed by atoms with van der Waals surface area (Å²) >= 11 is 0. The van der Waals surface area contributed by atoms with Crippen molar-refractivity contribution in [2.75, 3.05) is 5.73 Å². The van der Waals surface area contributed by atoms with Crippen molar-refractivity contribution in [1.82, 2.24) is 15.0 Å². The minimum absolute atomic E-state index is 0.101. The number of nitrogens with two attached hydrogens (primary N) is 1. The van der Waals surface area contributed by atoms with Crippen molar-refractivity contribution in [2.45, 2.75) is 50.9 Å². The molecular weight excluding hydrogens is 240 g/mol. The Morgan fingerprint density at radius 2 is 1.88 bits per heavy atom. The highest BCUT2D eigenvalue weighted by Gasteiger charge is 2.27. The molecule has 0 fully saturated rings. The third-order valence-corrected chi connectivity index (χ3v) is 4.62. The lowest BCUT2D eigenvalue weighted by atomic mass is 10.1. The Kier molecular flexibility index (Phi) is 4.13. The van der Waals surface area contributed by atoms with E-state index in [0.29, 0.717) is 12.5 Å². The van der Waals surface area contributed by atoms with Gasteiger partial charge in [-0.05, 0) is 26.2 Å². The maximum atomic E-state index is 11.9. The van der Waals surface area contributed by atoms with Gasteiger partial charge in [-0.25, -0.2) is 13.1 Å². The molecule has 17 heavy (non-hydrogen) atoms. The summed E-state index contributed by atoms with van der Waals surface area (Å²) in [6, 6.07) is 0. The van der Waals surface area contributed by atoms with Crippen molar-refractivity contribution >= 4 is 15.7 Å². The highest BCUT2D eigenvalue weighted by molar-refractivity contribution is 7.92. The van der Waals surface area contributed by atoms with Gasteiger partial charge in [0.25, 0.3) is 0 Å². The third kappa shape index (κ3) is 2.96. The Morgan fingerprint density at radius 1 is 1.29 bits per heavy atom. The van der Waals surface area contributed by atoms with Crippen molar-refractivity contribution in [3.63, 3.8) is 0 Å². The van der Waals surface area contributed by atoms with Crippen LogP contribution in [0.1, 0.15) is 34.1 Å². The van der Waals surface area contributed by atoms with Crippen LogP contribution in [0, 0.1) is 5.92 Å². The quantitative estimate of drug-likeness (QED) is 0.855. The Balaban J connectivity index is 2.99. The van der Waals surface area contributed by atoms with Gasteiger partial charge in [0.15, 0.2) is 5.82 Å². The summed E-state index contributed by atoms with van der Waals surface area (Å²) in [5, 5.41) is 6.84. The summed E-state index contributed by atoms with van der Waals surface area (Å²) in [4.78, 5) is 0. The normalized spacial score (nSPS) is 12.6. The van der Waals surface area contributed by atoms with E-state index in [1.807, 2.05) is 0 Å². The van der Waals surface area contributed by atoms with Gasteiger partial charge in [-0.1, -0.05) is 19.1 Å². The number of aromatic nitrogens is 3. The zero-order valence-corrected chi connectivity index (χ0v) is 11.5. The first-order valence-corrected chi connectivity index (χ1v) is 7.24. The molecule has 7 heteroatoms. The van der Waals surface area contributed by atoms with E-state index in [0.717, 1.165) is 6.42 Å². The lowest BCUT2D eigenvalue weighted by Gasteiger charge is -2.07. The van der Waals surface area contributed by atoms with E-state index in [1.54, 1.807) is 13.8 Å². The number of anilines is 1. The molecule has 0 aliphatic rings. The van der Waals surface area contributed by atoms with Gasteiger partial charge in [0, 0.05) is 6.54 Å². The number of nitrogen functional groups attached to an aromatic ring is 1. The molecule has 98 valence electrons. The number of hydrogen-bond acceptors (Lipinski definition) is 5. The lowest BCUT2D eigenvalue weighted by Crippen LogP contribution is -2.16. The molecule has 1 rings (SSSR count). The van der Waals surface area contributed by atoms with E-state index in [4.69, 9.17) is 5.73 Å². The number of hydrogen-bond donors (Lipinski definition) is 1. The van der Waals surface area contributed by atoms with Crippen LogP contribution in [-0.4, -0.2) is 28.7 Å². The lowest BCUT2D eigenvalue weighted by molar-refractivity contribution is 0.482. The van der Waals surface area contributed by atoms with Crippen LogP contribution in [-0.2, 0) is 16.4 Å². The maximum absolute atomic E-state index is 11.9. The Morgan fingerprint density at radius 3 is 2.35 bits per heavy atom.